The van der Waals surface area contributed by atoms with E-state index >= 15 is 0 Å². The van der Waals surface area contributed by atoms with Crippen molar-refractivity contribution in [1.29, 1.82) is 0 Å². The van der Waals surface area contributed by atoms with Crippen LogP contribution in [0.4, 0.5) is 10.5 Å². The van der Waals surface area contributed by atoms with Crippen molar-refractivity contribution < 1.29 is 23.9 Å². The molecule has 0 N–H and O–H groups in total. The number of rotatable bonds is 3. The molecule has 0 aromatic heterocycles. The van der Waals surface area contributed by atoms with Gasteiger partial charge in [-0.1, -0.05) is 0 Å². The number of esters is 1. The number of nitrogens with zero attached hydrogens (tertiary/aromatic N) is 2. The van der Waals surface area contributed by atoms with Crippen LogP contribution in [0.1, 0.15) is 15.9 Å². The zero-order valence-electron chi connectivity index (χ0n) is 12.8. The number of anilines is 1. The highest BCUT2D eigenvalue weighted by atomic mass is 16.5. The lowest BCUT2D eigenvalue weighted by Crippen LogP contribution is -2.40. The van der Waals surface area contributed by atoms with Crippen LogP contribution in [0.5, 0.6) is 0 Å². The highest BCUT2D eigenvalue weighted by molar-refractivity contribution is 5.99. The molecule has 0 aliphatic carbocycles. The van der Waals surface area contributed by atoms with Gasteiger partial charge in [0.2, 0.25) is 5.91 Å². The predicted octanol–water partition coefficient (Wildman–Crippen LogP) is 1.06. The molecule has 7 heteroatoms. The minimum absolute atomic E-state index is 0.0646. The van der Waals surface area contributed by atoms with Crippen LogP contribution in [0.3, 0.4) is 0 Å². The van der Waals surface area contributed by atoms with Crippen molar-refractivity contribution in [3.8, 4) is 0 Å². The monoisotopic (exact) mass is 306 g/mol. The highest BCUT2D eigenvalue weighted by Gasteiger charge is 2.27. The number of carbonyl (C=O) groups excluding carboxylic acids is 3. The molecule has 0 atom stereocenters. The lowest BCUT2D eigenvalue weighted by atomic mass is 10.1. The van der Waals surface area contributed by atoms with Crippen LogP contribution < -0.4 is 4.90 Å². The Morgan fingerprint density at radius 1 is 1.23 bits per heavy atom. The number of likely N-dealkylation sites (N-methyl/N-ethyl adjacent to an activating group) is 1. The number of benzene rings is 1. The van der Waals surface area contributed by atoms with E-state index in [0.717, 1.165) is 11.3 Å². The lowest BCUT2D eigenvalue weighted by Gasteiger charge is -2.21. The molecule has 1 aliphatic heterocycles. The van der Waals surface area contributed by atoms with Gasteiger partial charge >= 0.3 is 12.1 Å². The zero-order valence-corrected chi connectivity index (χ0v) is 12.8. The molecule has 1 aliphatic rings. The topological polar surface area (TPSA) is 76.2 Å². The first-order chi connectivity index (χ1) is 10.5. The van der Waals surface area contributed by atoms with E-state index in [1.165, 1.54) is 26.2 Å². The maximum absolute atomic E-state index is 12.3. The van der Waals surface area contributed by atoms with Gasteiger partial charge in [-0.3, -0.25) is 4.79 Å². The first-order valence-electron chi connectivity index (χ1n) is 6.78. The average Bonchev–Trinajstić information content (AvgIpc) is 2.96. The van der Waals surface area contributed by atoms with Gasteiger partial charge in [-0.05, 0) is 30.2 Å². The molecule has 2 amide bonds. The first kappa shape index (κ1) is 15.8. The van der Waals surface area contributed by atoms with E-state index in [1.807, 2.05) is 0 Å². The smallest absolute Gasteiger partial charge is 0.409 e. The largest absolute Gasteiger partial charge is 0.465 e. The minimum Gasteiger partial charge on any atom is -0.465 e. The number of amides is 2. The number of carbonyl (C=O) groups is 3. The maximum Gasteiger partial charge on any atom is 0.409 e. The summed E-state index contributed by atoms with van der Waals surface area (Å²) in [5.41, 5.74) is 2.13. The van der Waals surface area contributed by atoms with Crippen LogP contribution in [0.15, 0.2) is 18.2 Å². The molecule has 0 bridgehead atoms. The normalized spacial score (nSPS) is 12.6. The maximum atomic E-state index is 12.3. The van der Waals surface area contributed by atoms with Crippen LogP contribution in [-0.4, -0.2) is 57.2 Å². The summed E-state index contributed by atoms with van der Waals surface area (Å²) in [6, 6.07) is 5.09. The van der Waals surface area contributed by atoms with Crippen molar-refractivity contribution >= 4 is 23.7 Å². The van der Waals surface area contributed by atoms with Gasteiger partial charge < -0.3 is 19.3 Å². The Bertz CT molecular complexity index is 614. The van der Waals surface area contributed by atoms with E-state index in [9.17, 15) is 14.4 Å². The molecule has 1 heterocycles. The third-order valence-corrected chi connectivity index (χ3v) is 3.56. The number of methoxy groups -OCH3 is 2. The molecule has 0 saturated heterocycles. The van der Waals surface area contributed by atoms with Crippen molar-refractivity contribution in [3.05, 3.63) is 29.3 Å². The van der Waals surface area contributed by atoms with E-state index < -0.39 is 12.1 Å². The molecular weight excluding hydrogens is 288 g/mol. The molecule has 2 rings (SSSR count). The van der Waals surface area contributed by atoms with Crippen molar-refractivity contribution in [2.24, 2.45) is 0 Å². The second-order valence-corrected chi connectivity index (χ2v) is 4.96. The highest BCUT2D eigenvalue weighted by Crippen LogP contribution is 2.29. The summed E-state index contributed by atoms with van der Waals surface area (Å²) in [6.45, 7) is 0.457. The lowest BCUT2D eigenvalue weighted by molar-refractivity contribution is -0.119. The van der Waals surface area contributed by atoms with Crippen molar-refractivity contribution in [2.75, 3.05) is 39.3 Å². The molecular formula is C15H18N2O5. The number of hydrogen-bond donors (Lipinski definition) is 0. The van der Waals surface area contributed by atoms with Gasteiger partial charge in [-0.15, -0.1) is 0 Å². The van der Waals surface area contributed by atoms with Gasteiger partial charge in [-0.25, -0.2) is 9.59 Å². The zero-order chi connectivity index (χ0) is 16.3. The molecule has 22 heavy (non-hydrogen) atoms. The Balaban J connectivity index is 2.13. The van der Waals surface area contributed by atoms with Crippen molar-refractivity contribution in [1.82, 2.24) is 4.90 Å². The Hall–Kier alpha value is -2.57. The molecule has 0 saturated carbocycles. The molecule has 118 valence electrons. The van der Waals surface area contributed by atoms with E-state index in [4.69, 9.17) is 0 Å². The fraction of sp³-hybridized carbons (Fsp3) is 0.400. The van der Waals surface area contributed by atoms with Gasteiger partial charge in [-0.2, -0.15) is 0 Å². The van der Waals surface area contributed by atoms with Crippen molar-refractivity contribution in [3.63, 3.8) is 0 Å². The predicted molar refractivity (Wildman–Crippen MR) is 78.9 cm³/mol. The van der Waals surface area contributed by atoms with Crippen molar-refractivity contribution in [2.45, 2.75) is 6.42 Å². The van der Waals surface area contributed by atoms with Gasteiger partial charge in [0.05, 0.1) is 19.8 Å². The molecule has 0 unspecified atom stereocenters. The second-order valence-electron chi connectivity index (χ2n) is 4.96. The SMILES string of the molecule is COC(=O)c1ccc2c(c1)CCN2C(=O)CN(C)C(=O)OC. The van der Waals surface area contributed by atoms with E-state index in [-0.39, 0.29) is 12.5 Å². The molecule has 7 nitrogen and oxygen atoms in total. The number of fused-ring (bicyclic) bond motifs is 1. The van der Waals surface area contributed by atoms with Gasteiger partial charge in [0.1, 0.15) is 6.54 Å². The third kappa shape index (κ3) is 3.03. The third-order valence-electron chi connectivity index (χ3n) is 3.56. The van der Waals surface area contributed by atoms with Crippen LogP contribution in [0.2, 0.25) is 0 Å². The summed E-state index contributed by atoms with van der Waals surface area (Å²) >= 11 is 0. The Morgan fingerprint density at radius 2 is 1.95 bits per heavy atom. The Morgan fingerprint density at radius 3 is 2.59 bits per heavy atom. The van der Waals surface area contributed by atoms with Crippen LogP contribution in [0.25, 0.3) is 0 Å². The summed E-state index contributed by atoms with van der Waals surface area (Å²) < 4.78 is 9.25. The van der Waals surface area contributed by atoms with Gasteiger partial charge in [0, 0.05) is 19.3 Å². The molecule has 0 spiro atoms. The Labute approximate surface area is 128 Å². The fourth-order valence-electron chi connectivity index (χ4n) is 2.41. The second kappa shape index (κ2) is 6.46. The summed E-state index contributed by atoms with van der Waals surface area (Å²) in [6.07, 6.45) is 0.0993. The molecule has 1 aromatic rings. The minimum atomic E-state index is -0.561. The molecule has 0 fully saturated rings. The Kier molecular flexibility index (Phi) is 4.65. The van der Waals surface area contributed by atoms with Crippen LogP contribution in [-0.2, 0) is 20.7 Å². The molecule has 0 radical (unpaired) electrons. The summed E-state index contributed by atoms with van der Waals surface area (Å²) in [7, 11) is 4.10. The fourth-order valence-corrected chi connectivity index (χ4v) is 2.41. The quantitative estimate of drug-likeness (QED) is 0.781. The number of hydrogen-bond acceptors (Lipinski definition) is 5. The van der Waals surface area contributed by atoms with Crippen LogP contribution in [0, 0.1) is 0 Å². The summed E-state index contributed by atoms with van der Waals surface area (Å²) in [5, 5.41) is 0. The van der Waals surface area contributed by atoms with E-state index in [2.05, 4.69) is 9.47 Å². The van der Waals surface area contributed by atoms with Crippen LogP contribution >= 0.6 is 0 Å². The first-order valence-corrected chi connectivity index (χ1v) is 6.78. The summed E-state index contributed by atoms with van der Waals surface area (Å²) in [4.78, 5) is 38.0. The van der Waals surface area contributed by atoms with Gasteiger partial charge in [0.25, 0.3) is 0 Å². The standard InChI is InChI=1S/C15H18N2O5/c1-16(15(20)22-3)9-13(18)17-7-6-10-8-11(14(19)21-2)4-5-12(10)17/h4-5,8H,6-7,9H2,1-3H3. The summed E-state index contributed by atoms with van der Waals surface area (Å²) in [5.74, 6) is -0.601. The molecule has 1 aromatic carbocycles. The van der Waals surface area contributed by atoms with E-state index in [0.29, 0.717) is 18.5 Å². The number of ether oxygens (including phenoxy) is 2. The van der Waals surface area contributed by atoms with Gasteiger partial charge in [0.15, 0.2) is 0 Å². The van der Waals surface area contributed by atoms with E-state index in [1.54, 1.807) is 23.1 Å². The average molecular weight is 306 g/mol.